The molecular weight excluding hydrogens is 250 g/mol. The molecule has 2 heterocycles. The lowest BCUT2D eigenvalue weighted by Crippen LogP contribution is -2.10. The highest BCUT2D eigenvalue weighted by atomic mass is 32.1. The minimum atomic E-state index is -0.245. The van der Waals surface area contributed by atoms with Crippen LogP contribution in [-0.4, -0.2) is 30.3 Å². The number of aromatic nitrogens is 1. The number of nitrogens with zero attached hydrogens (tertiary/aromatic N) is 1. The fourth-order valence-corrected chi connectivity index (χ4v) is 2.95. The minimum absolute atomic E-state index is 0.245. The molecule has 0 radical (unpaired) electrons. The normalized spacial score (nSPS) is 19.1. The highest BCUT2D eigenvalue weighted by molar-refractivity contribution is 7.13. The van der Waals surface area contributed by atoms with E-state index in [1.165, 1.54) is 11.3 Å². The third kappa shape index (κ3) is 3.53. The van der Waals surface area contributed by atoms with Crippen LogP contribution in [0.5, 0.6) is 0 Å². The number of hydrogen-bond acceptors (Lipinski definition) is 5. The number of aryl methyl sites for hydroxylation is 2. The molecule has 1 saturated heterocycles. The van der Waals surface area contributed by atoms with Gasteiger partial charge < -0.3 is 9.47 Å². The molecule has 5 heteroatoms. The first-order valence-electron chi connectivity index (χ1n) is 6.39. The van der Waals surface area contributed by atoms with E-state index in [0.717, 1.165) is 43.0 Å². The molecule has 1 fully saturated rings. The molecule has 0 spiro atoms. The summed E-state index contributed by atoms with van der Waals surface area (Å²) >= 11 is 1.40. The summed E-state index contributed by atoms with van der Waals surface area (Å²) in [5, 5.41) is 0.902. The van der Waals surface area contributed by atoms with Crippen LogP contribution in [0, 0.1) is 13.8 Å². The van der Waals surface area contributed by atoms with E-state index in [2.05, 4.69) is 4.98 Å². The largest absolute Gasteiger partial charge is 0.461 e. The molecule has 18 heavy (non-hydrogen) atoms. The molecule has 1 aromatic heterocycles. The van der Waals surface area contributed by atoms with Gasteiger partial charge in [-0.25, -0.2) is 9.78 Å². The van der Waals surface area contributed by atoms with Crippen LogP contribution >= 0.6 is 11.3 Å². The van der Waals surface area contributed by atoms with Crippen molar-refractivity contribution in [3.63, 3.8) is 0 Å². The summed E-state index contributed by atoms with van der Waals surface area (Å²) in [4.78, 5) is 16.6. The maximum absolute atomic E-state index is 11.8. The molecule has 4 nitrogen and oxygen atoms in total. The van der Waals surface area contributed by atoms with Gasteiger partial charge in [-0.15, -0.1) is 11.3 Å². The molecular formula is C13H19NO3S. The van der Waals surface area contributed by atoms with Gasteiger partial charge in [0.05, 0.1) is 23.4 Å². The van der Waals surface area contributed by atoms with Crippen LogP contribution in [0.1, 0.15) is 46.1 Å². The fraction of sp³-hybridized carbons (Fsp3) is 0.692. The number of carbonyl (C=O) groups excluding carboxylic acids is 1. The summed E-state index contributed by atoms with van der Waals surface area (Å²) in [6.07, 6.45) is 4.52. The van der Waals surface area contributed by atoms with Gasteiger partial charge in [-0.2, -0.15) is 0 Å². The zero-order valence-corrected chi connectivity index (χ0v) is 11.7. The van der Waals surface area contributed by atoms with E-state index in [1.807, 2.05) is 13.8 Å². The number of thiazole rings is 1. The Morgan fingerprint density at radius 2 is 2.39 bits per heavy atom. The van der Waals surface area contributed by atoms with Crippen molar-refractivity contribution in [2.24, 2.45) is 0 Å². The zero-order valence-electron chi connectivity index (χ0n) is 10.9. The predicted molar refractivity (Wildman–Crippen MR) is 70.1 cm³/mol. The summed E-state index contributed by atoms with van der Waals surface area (Å²) in [6, 6.07) is 0. The smallest absolute Gasteiger partial charge is 0.350 e. The van der Waals surface area contributed by atoms with Crippen LogP contribution in [0.2, 0.25) is 0 Å². The maximum atomic E-state index is 11.8. The second kappa shape index (κ2) is 6.29. The summed E-state index contributed by atoms with van der Waals surface area (Å²) in [5.41, 5.74) is 0.765. The fourth-order valence-electron chi connectivity index (χ4n) is 2.13. The van der Waals surface area contributed by atoms with Crippen LogP contribution in [0.4, 0.5) is 0 Å². The van der Waals surface area contributed by atoms with Crippen molar-refractivity contribution in [3.8, 4) is 0 Å². The third-order valence-electron chi connectivity index (χ3n) is 3.02. The molecule has 0 N–H and O–H groups in total. The van der Waals surface area contributed by atoms with E-state index in [1.54, 1.807) is 0 Å². The molecule has 1 atom stereocenters. The van der Waals surface area contributed by atoms with Crippen LogP contribution in [0.15, 0.2) is 0 Å². The van der Waals surface area contributed by atoms with Crippen molar-refractivity contribution in [2.45, 2.75) is 45.6 Å². The lowest BCUT2D eigenvalue weighted by atomic mass is 10.1. The van der Waals surface area contributed by atoms with Crippen molar-refractivity contribution in [3.05, 3.63) is 15.6 Å². The van der Waals surface area contributed by atoms with E-state index in [-0.39, 0.29) is 5.97 Å². The van der Waals surface area contributed by atoms with Gasteiger partial charge in [0.2, 0.25) is 0 Å². The Hall–Kier alpha value is -0.940. The summed E-state index contributed by atoms with van der Waals surface area (Å²) in [5.74, 6) is -0.245. The number of ether oxygens (including phenoxy) is 2. The number of carbonyl (C=O) groups is 1. The topological polar surface area (TPSA) is 48.4 Å². The van der Waals surface area contributed by atoms with Crippen LogP contribution < -0.4 is 0 Å². The average molecular weight is 269 g/mol. The molecule has 1 aliphatic heterocycles. The molecule has 0 amide bonds. The average Bonchev–Trinajstić information content (AvgIpc) is 2.94. The molecule has 0 saturated carbocycles. The van der Waals surface area contributed by atoms with Crippen molar-refractivity contribution < 1.29 is 14.3 Å². The van der Waals surface area contributed by atoms with E-state index < -0.39 is 0 Å². The highest BCUT2D eigenvalue weighted by Crippen LogP contribution is 2.19. The van der Waals surface area contributed by atoms with Gasteiger partial charge in [-0.05, 0) is 39.5 Å². The molecule has 2 rings (SSSR count). The summed E-state index contributed by atoms with van der Waals surface area (Å²) in [7, 11) is 0. The van der Waals surface area contributed by atoms with Crippen molar-refractivity contribution in [1.82, 2.24) is 4.98 Å². The van der Waals surface area contributed by atoms with Crippen LogP contribution in [0.25, 0.3) is 0 Å². The molecule has 1 unspecified atom stereocenters. The molecule has 100 valence electrons. The second-order valence-corrected chi connectivity index (χ2v) is 5.76. The SMILES string of the molecule is Cc1nc(C)c(C(=O)OCCCC2CCCO2)s1. The third-order valence-corrected chi connectivity index (χ3v) is 4.07. The van der Waals surface area contributed by atoms with Gasteiger partial charge in [0.1, 0.15) is 4.88 Å². The van der Waals surface area contributed by atoms with Gasteiger partial charge in [0.25, 0.3) is 0 Å². The Kier molecular flexibility index (Phi) is 4.72. The lowest BCUT2D eigenvalue weighted by molar-refractivity contribution is 0.0465. The quantitative estimate of drug-likeness (QED) is 0.609. The number of hydrogen-bond donors (Lipinski definition) is 0. The number of rotatable bonds is 5. The predicted octanol–water partition coefficient (Wildman–Crippen LogP) is 2.88. The van der Waals surface area contributed by atoms with E-state index in [4.69, 9.17) is 9.47 Å². The Morgan fingerprint density at radius 1 is 1.56 bits per heavy atom. The Labute approximate surface area is 111 Å². The van der Waals surface area contributed by atoms with Crippen LogP contribution in [0.3, 0.4) is 0 Å². The molecule has 0 aliphatic carbocycles. The van der Waals surface area contributed by atoms with Crippen LogP contribution in [-0.2, 0) is 9.47 Å². The first kappa shape index (κ1) is 13.5. The first-order valence-corrected chi connectivity index (χ1v) is 7.21. The molecule has 1 aliphatic rings. The maximum Gasteiger partial charge on any atom is 0.350 e. The van der Waals surface area contributed by atoms with Gasteiger partial charge in [-0.1, -0.05) is 0 Å². The van der Waals surface area contributed by atoms with E-state index in [9.17, 15) is 4.79 Å². The highest BCUT2D eigenvalue weighted by Gasteiger charge is 2.17. The Morgan fingerprint density at radius 3 is 3.00 bits per heavy atom. The Bertz CT molecular complexity index is 410. The monoisotopic (exact) mass is 269 g/mol. The standard InChI is InChI=1S/C13H19NO3S/c1-9-12(18-10(2)14-9)13(15)17-8-4-6-11-5-3-7-16-11/h11H,3-8H2,1-2H3. The summed E-state index contributed by atoms with van der Waals surface area (Å²) < 4.78 is 10.8. The van der Waals surface area contributed by atoms with Gasteiger partial charge in [-0.3, -0.25) is 0 Å². The first-order chi connectivity index (χ1) is 8.66. The van der Waals surface area contributed by atoms with Crippen molar-refractivity contribution in [1.29, 1.82) is 0 Å². The van der Waals surface area contributed by atoms with E-state index >= 15 is 0 Å². The Balaban J connectivity index is 1.70. The molecule has 1 aromatic rings. The van der Waals surface area contributed by atoms with Gasteiger partial charge >= 0.3 is 5.97 Å². The zero-order chi connectivity index (χ0) is 13.0. The lowest BCUT2D eigenvalue weighted by Gasteiger charge is -2.08. The van der Waals surface area contributed by atoms with E-state index in [0.29, 0.717) is 17.6 Å². The minimum Gasteiger partial charge on any atom is -0.461 e. The molecule has 0 aromatic carbocycles. The second-order valence-electron chi connectivity index (χ2n) is 4.56. The molecule has 0 bridgehead atoms. The van der Waals surface area contributed by atoms with Crippen molar-refractivity contribution >= 4 is 17.3 Å². The number of esters is 1. The van der Waals surface area contributed by atoms with Gasteiger partial charge in [0.15, 0.2) is 0 Å². The summed E-state index contributed by atoms with van der Waals surface area (Å²) in [6.45, 7) is 5.08. The van der Waals surface area contributed by atoms with Crippen molar-refractivity contribution in [2.75, 3.05) is 13.2 Å². The van der Waals surface area contributed by atoms with Gasteiger partial charge in [0, 0.05) is 6.61 Å².